The molecule has 8 nitrogen and oxygen atoms in total. The molecule has 0 spiro atoms. The lowest BCUT2D eigenvalue weighted by molar-refractivity contribution is -0.132. The molecule has 7 aliphatic rings. The molecule has 2 aromatic heterocycles. The van der Waals surface area contributed by atoms with Crippen LogP contribution in [0.15, 0.2) is 56.2 Å². The predicted octanol–water partition coefficient (Wildman–Crippen LogP) is 6.81. The van der Waals surface area contributed by atoms with E-state index in [1.807, 2.05) is 41.3 Å². The van der Waals surface area contributed by atoms with Crippen LogP contribution in [0, 0.1) is 16.7 Å². The topological polar surface area (TPSA) is 105 Å². The average Bonchev–Trinajstić information content (AvgIpc) is 3.31. The number of aromatic amines is 1. The lowest BCUT2D eigenvalue weighted by Gasteiger charge is -2.54. The maximum atomic E-state index is 14.7. The summed E-state index contributed by atoms with van der Waals surface area (Å²) >= 11 is 0. The van der Waals surface area contributed by atoms with Gasteiger partial charge in [-0.05, 0) is 117 Å². The van der Waals surface area contributed by atoms with E-state index in [2.05, 4.69) is 16.2 Å². The zero-order valence-corrected chi connectivity index (χ0v) is 24.1. The molecule has 43 heavy (non-hydrogen) atoms. The molecule has 2 heterocycles. The third kappa shape index (κ3) is 3.99. The number of nitrogens with one attached hydrogen (secondary N) is 1. The second kappa shape index (κ2) is 8.89. The zero-order valence-electron chi connectivity index (χ0n) is 24.1. The minimum Gasteiger partial charge on any atom is -0.408 e. The molecule has 9 heteroatoms. The average molecular weight is 583 g/mol. The van der Waals surface area contributed by atoms with Crippen molar-refractivity contribution in [3.05, 3.63) is 64.7 Å². The normalized spacial score (nSPS) is 32.7. The molecule has 0 radical (unpaired) electrons. The van der Waals surface area contributed by atoms with Crippen LogP contribution in [0.4, 0.5) is 10.1 Å². The Morgan fingerprint density at radius 1 is 1.00 bits per heavy atom. The number of hydrogen-bond acceptors (Lipinski definition) is 6. The van der Waals surface area contributed by atoms with E-state index in [4.69, 9.17) is 13.9 Å². The predicted molar refractivity (Wildman–Crippen MR) is 157 cm³/mol. The fourth-order valence-electron chi connectivity index (χ4n) is 8.83. The molecule has 0 saturated heterocycles. The first-order chi connectivity index (χ1) is 20.8. The monoisotopic (exact) mass is 582 g/mol. The van der Waals surface area contributed by atoms with Gasteiger partial charge in [0.25, 0.3) is 0 Å². The Balaban J connectivity index is 1.03. The number of carbonyl (C=O) groups is 1. The van der Waals surface area contributed by atoms with Crippen LogP contribution in [0.3, 0.4) is 0 Å². The van der Waals surface area contributed by atoms with Crippen LogP contribution in [-0.4, -0.2) is 33.7 Å². The van der Waals surface area contributed by atoms with E-state index >= 15 is 0 Å². The zero-order chi connectivity index (χ0) is 29.0. The molecule has 4 aromatic rings. The molecule has 1 unspecified atom stereocenters. The molecule has 4 bridgehead atoms. The second-order valence-electron chi connectivity index (χ2n) is 14.3. The van der Waals surface area contributed by atoms with Crippen molar-refractivity contribution in [1.29, 1.82) is 0 Å². The first kappa shape index (κ1) is 25.7. The van der Waals surface area contributed by atoms with Gasteiger partial charge in [0.15, 0.2) is 11.4 Å². The number of rotatable bonds is 7. The van der Waals surface area contributed by atoms with Gasteiger partial charge < -0.3 is 13.8 Å². The molecule has 7 aliphatic carbocycles. The first-order valence-electron chi connectivity index (χ1n) is 15.9. The van der Waals surface area contributed by atoms with Crippen LogP contribution in [0.1, 0.15) is 88.3 Å². The SMILES string of the molecule is O=C(N(CC12CCC(c3nc(C4CC4)no3)(CC1)CC2)c1cccc(-c2ccc3[nH]c(=O)oc3c2)c1)C12CC(F)C(C1)C2. The summed E-state index contributed by atoms with van der Waals surface area (Å²) in [5.74, 6) is 1.79. The van der Waals surface area contributed by atoms with Crippen LogP contribution in [0.2, 0.25) is 0 Å². The molecule has 2 aromatic carbocycles. The largest absolute Gasteiger partial charge is 0.417 e. The van der Waals surface area contributed by atoms with Gasteiger partial charge in [0.1, 0.15) is 6.17 Å². The number of halogens is 1. The Bertz CT molecular complexity index is 1790. The fraction of sp³-hybridized carbons (Fsp3) is 0.529. The van der Waals surface area contributed by atoms with E-state index in [1.165, 1.54) is 0 Å². The number of H-pyrrole nitrogens is 1. The summed E-state index contributed by atoms with van der Waals surface area (Å²) in [7, 11) is 0. The van der Waals surface area contributed by atoms with Gasteiger partial charge in [-0.25, -0.2) is 9.18 Å². The lowest BCUT2D eigenvalue weighted by atomic mass is 9.53. The van der Waals surface area contributed by atoms with Crippen molar-refractivity contribution < 1.29 is 18.1 Å². The van der Waals surface area contributed by atoms with Crippen LogP contribution < -0.4 is 10.7 Å². The highest BCUT2D eigenvalue weighted by Gasteiger charge is 2.62. The smallest absolute Gasteiger partial charge is 0.408 e. The lowest BCUT2D eigenvalue weighted by Crippen LogP contribution is -2.54. The van der Waals surface area contributed by atoms with Gasteiger partial charge in [-0.15, -0.1) is 0 Å². The van der Waals surface area contributed by atoms with Gasteiger partial charge in [0.05, 0.1) is 10.9 Å². The highest BCUT2D eigenvalue weighted by Crippen LogP contribution is 2.62. The second-order valence-corrected chi connectivity index (χ2v) is 14.3. The number of nitrogens with zero attached hydrogens (tertiary/aromatic N) is 3. The number of aromatic nitrogens is 3. The summed E-state index contributed by atoms with van der Waals surface area (Å²) in [5.41, 5.74) is 3.21. The maximum Gasteiger partial charge on any atom is 0.417 e. The summed E-state index contributed by atoms with van der Waals surface area (Å²) in [6, 6.07) is 13.7. The number of alkyl halides is 1. The molecule has 1 N–H and O–H groups in total. The molecule has 7 saturated carbocycles. The molecular weight excluding hydrogens is 547 g/mol. The van der Waals surface area contributed by atoms with E-state index < -0.39 is 17.3 Å². The molecule has 1 amide bonds. The highest BCUT2D eigenvalue weighted by molar-refractivity contribution is 5.99. The van der Waals surface area contributed by atoms with Gasteiger partial charge in [-0.2, -0.15) is 4.98 Å². The van der Waals surface area contributed by atoms with E-state index in [1.54, 1.807) is 0 Å². The Morgan fingerprint density at radius 2 is 1.77 bits per heavy atom. The van der Waals surface area contributed by atoms with Gasteiger partial charge in [0.2, 0.25) is 11.8 Å². The first-order valence-corrected chi connectivity index (χ1v) is 15.9. The van der Waals surface area contributed by atoms with Crippen molar-refractivity contribution in [2.75, 3.05) is 11.4 Å². The molecule has 222 valence electrons. The van der Waals surface area contributed by atoms with E-state index in [9.17, 15) is 14.0 Å². The van der Waals surface area contributed by atoms with Crippen molar-refractivity contribution in [3.63, 3.8) is 0 Å². The Kier molecular flexibility index (Phi) is 5.32. The molecule has 11 rings (SSSR count). The summed E-state index contributed by atoms with van der Waals surface area (Å²) in [4.78, 5) is 35.7. The third-order valence-corrected chi connectivity index (χ3v) is 11.7. The number of carbonyl (C=O) groups excluding carboxylic acids is 1. The third-order valence-electron chi connectivity index (χ3n) is 11.7. The summed E-state index contributed by atoms with van der Waals surface area (Å²) in [5, 5.41) is 4.31. The van der Waals surface area contributed by atoms with Crippen molar-refractivity contribution >= 4 is 22.7 Å². The van der Waals surface area contributed by atoms with Crippen LogP contribution in [0.5, 0.6) is 0 Å². The Labute approximate surface area is 248 Å². The highest BCUT2D eigenvalue weighted by atomic mass is 19.1. The number of amides is 1. The van der Waals surface area contributed by atoms with Crippen molar-refractivity contribution in [2.24, 2.45) is 16.7 Å². The van der Waals surface area contributed by atoms with Crippen LogP contribution in [-0.2, 0) is 10.2 Å². The van der Waals surface area contributed by atoms with Gasteiger partial charge in [0, 0.05) is 23.6 Å². The number of oxazole rings is 1. The van der Waals surface area contributed by atoms with Gasteiger partial charge in [-0.1, -0.05) is 23.4 Å². The standard InChI is InChI=1S/C34H35FN4O4/c35-25-18-34(16-23(25)17-34)30(40)39(24-3-1-2-21(14-24)22-6-7-26-27(15-22)42-31(41)36-26)19-32-8-11-33(12-9-32,13-10-32)29-37-28(38-43-29)20-4-5-20/h1-3,6-7,14-15,20,23,25H,4-5,8-13,16-19H2,(H,36,41). The minimum absolute atomic E-state index is 0.00765. The summed E-state index contributed by atoms with van der Waals surface area (Å²) in [6.45, 7) is 0.637. The van der Waals surface area contributed by atoms with Crippen molar-refractivity contribution in [3.8, 4) is 11.1 Å². The van der Waals surface area contributed by atoms with Crippen LogP contribution in [0.25, 0.3) is 22.2 Å². The van der Waals surface area contributed by atoms with Crippen molar-refractivity contribution in [2.45, 2.75) is 88.1 Å². The number of fused-ring (bicyclic) bond motifs is 5. The molecule has 0 aliphatic heterocycles. The summed E-state index contributed by atoms with van der Waals surface area (Å²) < 4.78 is 25.8. The van der Waals surface area contributed by atoms with Gasteiger partial charge in [-0.3, -0.25) is 9.78 Å². The molecule has 7 fully saturated rings. The van der Waals surface area contributed by atoms with Crippen molar-refractivity contribution in [1.82, 2.24) is 15.1 Å². The summed E-state index contributed by atoms with van der Waals surface area (Å²) in [6.07, 6.45) is 9.06. The van der Waals surface area contributed by atoms with E-state index in [0.717, 1.165) is 79.9 Å². The number of hydrogen-bond donors (Lipinski definition) is 1. The molecule has 1 atom stereocenters. The maximum absolute atomic E-state index is 14.7. The molecular formula is C34H35FN4O4. The van der Waals surface area contributed by atoms with Gasteiger partial charge >= 0.3 is 5.76 Å². The number of anilines is 1. The minimum atomic E-state index is -0.877. The Morgan fingerprint density at radius 3 is 2.49 bits per heavy atom. The van der Waals surface area contributed by atoms with E-state index in [0.29, 0.717) is 42.8 Å². The Hall–Kier alpha value is -3.75. The quantitative estimate of drug-likeness (QED) is 0.257. The number of benzene rings is 2. The van der Waals surface area contributed by atoms with Crippen LogP contribution >= 0.6 is 0 Å². The van der Waals surface area contributed by atoms with E-state index in [-0.39, 0.29) is 22.7 Å². The fourth-order valence-corrected chi connectivity index (χ4v) is 8.83.